The fourth-order valence-electron chi connectivity index (χ4n) is 4.03. The van der Waals surface area contributed by atoms with Crippen molar-refractivity contribution in [2.75, 3.05) is 0 Å². The molecule has 1 fully saturated rings. The highest BCUT2D eigenvalue weighted by Crippen LogP contribution is 2.31. The summed E-state index contributed by atoms with van der Waals surface area (Å²) in [6.45, 7) is 7.11. The van der Waals surface area contributed by atoms with Crippen molar-refractivity contribution in [3.05, 3.63) is 0 Å². The highest BCUT2D eigenvalue weighted by molar-refractivity contribution is 6.72. The molecule has 0 aromatic carbocycles. The third-order valence-electron chi connectivity index (χ3n) is 5.70. The maximum Gasteiger partial charge on any atom is 0.190 e. The standard InChI is InChI=1S/C21H44OSi/c1-4-6-7-8-9-10-11-12-13-15-18-21(5-2)22-23(3)19-16-14-17-20-23/h21H,4-20H2,1-3H3. The van der Waals surface area contributed by atoms with Crippen LogP contribution in [0.3, 0.4) is 0 Å². The van der Waals surface area contributed by atoms with Crippen LogP contribution >= 0.6 is 0 Å². The van der Waals surface area contributed by atoms with Gasteiger partial charge in [-0.1, -0.05) is 97.3 Å². The zero-order valence-electron chi connectivity index (χ0n) is 16.5. The molecule has 1 heterocycles. The smallest absolute Gasteiger partial charge is 0.190 e. The van der Waals surface area contributed by atoms with Crippen LogP contribution in [0.2, 0.25) is 18.6 Å². The van der Waals surface area contributed by atoms with Gasteiger partial charge >= 0.3 is 0 Å². The van der Waals surface area contributed by atoms with Crippen LogP contribution in [0.15, 0.2) is 0 Å². The van der Waals surface area contributed by atoms with Crippen LogP contribution in [-0.4, -0.2) is 14.4 Å². The molecule has 1 rings (SSSR count). The molecule has 0 saturated carbocycles. The summed E-state index contributed by atoms with van der Waals surface area (Å²) in [4.78, 5) is 0. The molecular weight excluding hydrogens is 296 g/mol. The van der Waals surface area contributed by atoms with E-state index >= 15 is 0 Å². The maximum atomic E-state index is 6.65. The first kappa shape index (κ1) is 21.2. The van der Waals surface area contributed by atoms with Gasteiger partial charge in [0.05, 0.1) is 0 Å². The van der Waals surface area contributed by atoms with E-state index < -0.39 is 8.32 Å². The van der Waals surface area contributed by atoms with Gasteiger partial charge in [-0.2, -0.15) is 0 Å². The summed E-state index contributed by atoms with van der Waals surface area (Å²) in [7, 11) is -1.32. The van der Waals surface area contributed by atoms with E-state index in [9.17, 15) is 0 Å². The maximum absolute atomic E-state index is 6.65. The fourth-order valence-corrected chi connectivity index (χ4v) is 7.60. The van der Waals surface area contributed by atoms with Crippen molar-refractivity contribution in [2.45, 2.75) is 135 Å². The molecule has 1 atom stereocenters. The fraction of sp³-hybridized carbons (Fsp3) is 1.00. The second kappa shape index (κ2) is 13.5. The van der Waals surface area contributed by atoms with E-state index in [1.165, 1.54) is 108 Å². The second-order valence-corrected chi connectivity index (χ2v) is 12.3. The molecule has 0 aliphatic carbocycles. The molecule has 1 aliphatic heterocycles. The minimum Gasteiger partial charge on any atom is -0.414 e. The molecule has 1 aliphatic rings. The molecule has 1 saturated heterocycles. The highest BCUT2D eigenvalue weighted by Gasteiger charge is 2.33. The Labute approximate surface area is 148 Å². The first-order valence-corrected chi connectivity index (χ1v) is 13.7. The number of unbranched alkanes of at least 4 members (excludes halogenated alkanes) is 9. The van der Waals surface area contributed by atoms with Gasteiger partial charge in [-0.3, -0.25) is 0 Å². The van der Waals surface area contributed by atoms with E-state index in [2.05, 4.69) is 20.4 Å². The van der Waals surface area contributed by atoms with Crippen molar-refractivity contribution in [3.63, 3.8) is 0 Å². The monoisotopic (exact) mass is 340 g/mol. The van der Waals surface area contributed by atoms with Crippen LogP contribution < -0.4 is 0 Å². The predicted molar refractivity (Wildman–Crippen MR) is 107 cm³/mol. The van der Waals surface area contributed by atoms with E-state index in [0.29, 0.717) is 6.10 Å². The van der Waals surface area contributed by atoms with Gasteiger partial charge in [-0.25, -0.2) is 0 Å². The van der Waals surface area contributed by atoms with E-state index in [1.54, 1.807) is 0 Å². The van der Waals surface area contributed by atoms with Crippen LogP contribution in [0.25, 0.3) is 0 Å². The molecular formula is C21H44OSi. The lowest BCUT2D eigenvalue weighted by molar-refractivity contribution is 0.166. The molecule has 1 nitrogen and oxygen atoms in total. The average molecular weight is 341 g/mol. The van der Waals surface area contributed by atoms with Gasteiger partial charge in [-0.05, 0) is 31.5 Å². The van der Waals surface area contributed by atoms with Crippen LogP contribution in [0.4, 0.5) is 0 Å². The van der Waals surface area contributed by atoms with Crippen LogP contribution in [-0.2, 0) is 4.43 Å². The Balaban J connectivity index is 1.98. The van der Waals surface area contributed by atoms with Crippen LogP contribution in [0, 0.1) is 0 Å². The second-order valence-electron chi connectivity index (χ2n) is 8.13. The van der Waals surface area contributed by atoms with Crippen molar-refractivity contribution in [3.8, 4) is 0 Å². The summed E-state index contributed by atoms with van der Waals surface area (Å²) in [5, 5.41) is 0. The molecule has 138 valence electrons. The van der Waals surface area contributed by atoms with Crippen LogP contribution in [0.5, 0.6) is 0 Å². The molecule has 0 radical (unpaired) electrons. The topological polar surface area (TPSA) is 9.23 Å². The van der Waals surface area contributed by atoms with Crippen molar-refractivity contribution in [1.29, 1.82) is 0 Å². The zero-order chi connectivity index (χ0) is 16.8. The highest BCUT2D eigenvalue weighted by atomic mass is 28.4. The summed E-state index contributed by atoms with van der Waals surface area (Å²) in [5.41, 5.74) is 0. The molecule has 23 heavy (non-hydrogen) atoms. The molecule has 1 unspecified atom stereocenters. The molecule has 0 spiro atoms. The Morgan fingerprint density at radius 2 is 1.26 bits per heavy atom. The van der Waals surface area contributed by atoms with Gasteiger partial charge in [0.1, 0.15) is 0 Å². The molecule has 0 aromatic rings. The molecule has 0 aromatic heterocycles. The number of rotatable bonds is 14. The summed E-state index contributed by atoms with van der Waals surface area (Å²) in [6, 6.07) is 2.84. The van der Waals surface area contributed by atoms with Crippen molar-refractivity contribution < 1.29 is 4.43 Å². The third kappa shape index (κ3) is 10.6. The van der Waals surface area contributed by atoms with E-state index in [-0.39, 0.29) is 0 Å². The summed E-state index contributed by atoms with van der Waals surface area (Å²) in [5.74, 6) is 0. The lowest BCUT2D eigenvalue weighted by Crippen LogP contribution is -2.40. The van der Waals surface area contributed by atoms with Gasteiger partial charge in [0.2, 0.25) is 0 Å². The summed E-state index contributed by atoms with van der Waals surface area (Å²) < 4.78 is 6.65. The van der Waals surface area contributed by atoms with Crippen molar-refractivity contribution >= 4 is 8.32 Å². The Hall–Kier alpha value is 0.177. The Morgan fingerprint density at radius 1 is 0.739 bits per heavy atom. The molecule has 0 amide bonds. The van der Waals surface area contributed by atoms with Gasteiger partial charge in [0.15, 0.2) is 8.32 Å². The van der Waals surface area contributed by atoms with Crippen molar-refractivity contribution in [1.82, 2.24) is 0 Å². The minimum atomic E-state index is -1.32. The van der Waals surface area contributed by atoms with E-state index in [0.717, 1.165) is 0 Å². The SMILES string of the molecule is CCCCCCCCCCCCC(CC)O[Si]1(C)CCCCC1. The first-order valence-electron chi connectivity index (χ1n) is 10.9. The predicted octanol–water partition coefficient (Wildman–Crippen LogP) is 7.85. The van der Waals surface area contributed by atoms with Crippen molar-refractivity contribution in [2.24, 2.45) is 0 Å². The zero-order valence-corrected chi connectivity index (χ0v) is 17.5. The van der Waals surface area contributed by atoms with Gasteiger partial charge in [-0.15, -0.1) is 0 Å². The van der Waals surface area contributed by atoms with Gasteiger partial charge in [0, 0.05) is 6.10 Å². The minimum absolute atomic E-state index is 0.568. The van der Waals surface area contributed by atoms with E-state index in [4.69, 9.17) is 4.43 Å². The molecule has 0 N–H and O–H groups in total. The lowest BCUT2D eigenvalue weighted by atomic mass is 10.0. The largest absolute Gasteiger partial charge is 0.414 e. The average Bonchev–Trinajstić information content (AvgIpc) is 2.56. The van der Waals surface area contributed by atoms with Gasteiger partial charge < -0.3 is 4.43 Å². The Bertz CT molecular complexity index is 261. The molecule has 2 heteroatoms. The lowest BCUT2D eigenvalue weighted by Gasteiger charge is -2.35. The summed E-state index contributed by atoms with van der Waals surface area (Å²) in [6.07, 6.45) is 21.7. The first-order chi connectivity index (χ1) is 11.2. The van der Waals surface area contributed by atoms with E-state index in [1.807, 2.05) is 0 Å². The normalized spacial score (nSPS) is 18.9. The van der Waals surface area contributed by atoms with Crippen LogP contribution in [0.1, 0.15) is 110 Å². The Morgan fingerprint density at radius 3 is 1.78 bits per heavy atom. The number of hydrogen-bond donors (Lipinski definition) is 0. The third-order valence-corrected chi connectivity index (χ3v) is 9.42. The van der Waals surface area contributed by atoms with Gasteiger partial charge in [0.25, 0.3) is 0 Å². The summed E-state index contributed by atoms with van der Waals surface area (Å²) >= 11 is 0. The molecule has 0 bridgehead atoms. The number of hydrogen-bond acceptors (Lipinski definition) is 1. The Kier molecular flexibility index (Phi) is 12.4. The quantitative estimate of drug-likeness (QED) is 0.231.